The van der Waals surface area contributed by atoms with Gasteiger partial charge in [0.25, 0.3) is 5.91 Å². The van der Waals surface area contributed by atoms with Gasteiger partial charge in [0.05, 0.1) is 21.7 Å². The average Bonchev–Trinajstić information content (AvgIpc) is 3.03. The number of hydrogen-bond acceptors (Lipinski definition) is 5. The van der Waals surface area contributed by atoms with Gasteiger partial charge in [0, 0.05) is 12.1 Å². The number of carbonyl (C=O) groups is 1. The molecule has 27 heavy (non-hydrogen) atoms. The average molecular weight is 412 g/mol. The summed E-state index contributed by atoms with van der Waals surface area (Å²) in [7, 11) is -6.98. The highest BCUT2D eigenvalue weighted by molar-refractivity contribution is 7.96. The minimum absolute atomic E-state index is 0.0634. The van der Waals surface area contributed by atoms with Crippen molar-refractivity contribution in [2.24, 2.45) is 0 Å². The van der Waals surface area contributed by atoms with Crippen LogP contribution in [-0.4, -0.2) is 46.0 Å². The lowest BCUT2D eigenvalue weighted by Gasteiger charge is -2.13. The smallest absolute Gasteiger partial charge is 0.251 e. The summed E-state index contributed by atoms with van der Waals surface area (Å²) < 4.78 is 48.3. The molecule has 1 atom stereocenters. The van der Waals surface area contributed by atoms with Gasteiger partial charge in [-0.25, -0.2) is 16.8 Å². The Kier molecular flexibility index (Phi) is 6.05. The van der Waals surface area contributed by atoms with E-state index in [4.69, 9.17) is 0 Å². The summed E-state index contributed by atoms with van der Waals surface area (Å²) in [6, 6.07) is 5.73. The van der Waals surface area contributed by atoms with Crippen LogP contribution in [0.2, 0.25) is 0 Å². The van der Waals surface area contributed by atoms with Crippen molar-refractivity contribution in [3.8, 4) is 0 Å². The van der Waals surface area contributed by atoms with E-state index in [1.807, 2.05) is 0 Å². The minimum atomic E-state index is -3.70. The maximum atomic E-state index is 12.6. The van der Waals surface area contributed by atoms with Crippen LogP contribution in [0, 0.1) is 0 Å². The number of amides is 1. The molecule has 1 aromatic carbocycles. The molecule has 1 N–H and O–H groups in total. The van der Waals surface area contributed by atoms with Crippen molar-refractivity contribution in [1.29, 1.82) is 0 Å². The van der Waals surface area contributed by atoms with Gasteiger partial charge in [-0.2, -0.15) is 0 Å². The number of hydrogen-bond donors (Lipinski definition) is 1. The predicted octanol–water partition coefficient (Wildman–Crippen LogP) is 2.27. The number of benzene rings is 1. The second-order valence-corrected chi connectivity index (χ2v) is 11.7. The number of allylic oxidation sites excluding steroid dienone is 1. The van der Waals surface area contributed by atoms with E-state index >= 15 is 0 Å². The molecule has 1 aromatic rings. The maximum Gasteiger partial charge on any atom is 0.251 e. The van der Waals surface area contributed by atoms with Crippen LogP contribution in [-0.2, 0) is 19.7 Å². The lowest BCUT2D eigenvalue weighted by Crippen LogP contribution is -2.25. The van der Waals surface area contributed by atoms with Gasteiger partial charge in [-0.1, -0.05) is 11.6 Å². The number of carbonyl (C=O) groups excluding carboxylic acids is 1. The van der Waals surface area contributed by atoms with Crippen LogP contribution in [0.15, 0.2) is 40.8 Å². The molecule has 1 fully saturated rings. The Hall–Kier alpha value is -1.67. The molecule has 0 radical (unpaired) electrons. The second-order valence-electron chi connectivity index (χ2n) is 7.21. The summed E-state index contributed by atoms with van der Waals surface area (Å²) in [5.74, 6) is -0.653. The van der Waals surface area contributed by atoms with Gasteiger partial charge in [-0.05, 0) is 62.8 Å². The lowest BCUT2D eigenvalue weighted by atomic mass is 9.97. The third kappa shape index (κ3) is 4.99. The Labute approximate surface area is 160 Å². The Morgan fingerprint density at radius 2 is 1.89 bits per heavy atom. The molecule has 3 rings (SSSR count). The van der Waals surface area contributed by atoms with Crippen LogP contribution < -0.4 is 5.32 Å². The molecule has 1 saturated heterocycles. The lowest BCUT2D eigenvalue weighted by molar-refractivity contribution is 0.0954. The Morgan fingerprint density at radius 1 is 1.15 bits per heavy atom. The van der Waals surface area contributed by atoms with Gasteiger partial charge >= 0.3 is 0 Å². The molecule has 6 nitrogen and oxygen atoms in total. The molecule has 1 aliphatic heterocycles. The van der Waals surface area contributed by atoms with Gasteiger partial charge in [0.1, 0.15) is 0 Å². The molecule has 1 aliphatic carbocycles. The van der Waals surface area contributed by atoms with E-state index in [2.05, 4.69) is 11.4 Å². The third-order valence-electron chi connectivity index (χ3n) is 5.19. The number of nitrogens with one attached hydrogen (secondary N) is 1. The first-order valence-corrected chi connectivity index (χ1v) is 12.7. The van der Waals surface area contributed by atoms with Crippen molar-refractivity contribution in [2.75, 3.05) is 18.1 Å². The fraction of sp³-hybridized carbons (Fsp3) is 0.526. The second kappa shape index (κ2) is 8.14. The van der Waals surface area contributed by atoms with Gasteiger partial charge in [0.2, 0.25) is 0 Å². The molecule has 0 aromatic heterocycles. The van der Waals surface area contributed by atoms with Crippen LogP contribution in [0.5, 0.6) is 0 Å². The minimum Gasteiger partial charge on any atom is -0.352 e. The fourth-order valence-electron chi connectivity index (χ4n) is 3.56. The van der Waals surface area contributed by atoms with Gasteiger partial charge in [0.15, 0.2) is 19.7 Å². The molecule has 2 aliphatic rings. The summed E-state index contributed by atoms with van der Waals surface area (Å²) in [4.78, 5) is 12.3. The maximum absolute atomic E-state index is 12.6. The van der Waals surface area contributed by atoms with E-state index in [9.17, 15) is 21.6 Å². The van der Waals surface area contributed by atoms with Crippen LogP contribution >= 0.6 is 0 Å². The molecule has 0 saturated carbocycles. The fourth-order valence-corrected chi connectivity index (χ4v) is 7.92. The number of rotatable bonds is 6. The van der Waals surface area contributed by atoms with E-state index in [0.717, 1.165) is 19.3 Å². The van der Waals surface area contributed by atoms with E-state index in [1.165, 1.54) is 42.7 Å². The zero-order chi connectivity index (χ0) is 19.5. The number of sulfone groups is 2. The SMILES string of the molecule is O=C(NCCC1=CCCCC1)c1ccc(S(=O)(=O)[C@H]2CCS(=O)(=O)C2)cc1. The van der Waals surface area contributed by atoms with E-state index in [0.29, 0.717) is 12.1 Å². The molecule has 0 bridgehead atoms. The van der Waals surface area contributed by atoms with Crippen molar-refractivity contribution >= 4 is 25.6 Å². The first-order valence-electron chi connectivity index (χ1n) is 9.28. The Morgan fingerprint density at radius 3 is 2.48 bits per heavy atom. The van der Waals surface area contributed by atoms with Gasteiger partial charge < -0.3 is 5.32 Å². The highest BCUT2D eigenvalue weighted by Gasteiger charge is 2.37. The topological polar surface area (TPSA) is 97.4 Å². The predicted molar refractivity (Wildman–Crippen MR) is 104 cm³/mol. The zero-order valence-corrected chi connectivity index (χ0v) is 16.8. The summed E-state index contributed by atoms with van der Waals surface area (Å²) in [5.41, 5.74) is 1.78. The molecule has 148 valence electrons. The summed E-state index contributed by atoms with van der Waals surface area (Å²) in [5, 5.41) is 1.96. The highest BCUT2D eigenvalue weighted by atomic mass is 32.2. The van der Waals surface area contributed by atoms with Crippen LogP contribution in [0.25, 0.3) is 0 Å². The van der Waals surface area contributed by atoms with Crippen molar-refractivity contribution < 1.29 is 21.6 Å². The third-order valence-corrected chi connectivity index (χ3v) is 9.38. The summed E-state index contributed by atoms with van der Waals surface area (Å²) in [6.07, 6.45) is 7.87. The quantitative estimate of drug-likeness (QED) is 0.724. The Balaban J connectivity index is 1.59. The Bertz CT molecular complexity index is 931. The summed E-state index contributed by atoms with van der Waals surface area (Å²) >= 11 is 0. The highest BCUT2D eigenvalue weighted by Crippen LogP contribution is 2.25. The zero-order valence-electron chi connectivity index (χ0n) is 15.2. The van der Waals surface area contributed by atoms with Crippen molar-refractivity contribution in [1.82, 2.24) is 5.32 Å². The molecule has 0 unspecified atom stereocenters. The largest absolute Gasteiger partial charge is 0.352 e. The molecule has 1 amide bonds. The first kappa shape index (κ1) is 20.1. The van der Waals surface area contributed by atoms with Crippen LogP contribution in [0.3, 0.4) is 0 Å². The molecule has 1 heterocycles. The molecule has 8 heteroatoms. The van der Waals surface area contributed by atoms with Crippen molar-refractivity contribution in [2.45, 2.75) is 48.7 Å². The molecular formula is C19H25NO5S2. The van der Waals surface area contributed by atoms with Crippen molar-refractivity contribution in [3.63, 3.8) is 0 Å². The summed E-state index contributed by atoms with van der Waals surface area (Å²) in [6.45, 7) is 0.560. The van der Waals surface area contributed by atoms with Gasteiger partial charge in [-0.15, -0.1) is 0 Å². The molecule has 0 spiro atoms. The standard InChI is InChI=1S/C19H25NO5S2/c21-19(20-12-10-15-4-2-1-3-5-15)16-6-8-17(9-7-16)27(24,25)18-11-13-26(22,23)14-18/h4,6-9,18H,1-3,5,10-14H2,(H,20,21)/t18-/m0/s1. The monoisotopic (exact) mass is 411 g/mol. The van der Waals surface area contributed by atoms with Crippen LogP contribution in [0.4, 0.5) is 0 Å². The van der Waals surface area contributed by atoms with E-state index in [-0.39, 0.29) is 28.7 Å². The van der Waals surface area contributed by atoms with E-state index < -0.39 is 24.9 Å². The van der Waals surface area contributed by atoms with Crippen molar-refractivity contribution in [3.05, 3.63) is 41.5 Å². The molecular weight excluding hydrogens is 386 g/mol. The van der Waals surface area contributed by atoms with E-state index in [1.54, 1.807) is 0 Å². The van der Waals surface area contributed by atoms with Crippen LogP contribution in [0.1, 0.15) is 48.9 Å². The first-order chi connectivity index (χ1) is 12.8. The van der Waals surface area contributed by atoms with Gasteiger partial charge in [-0.3, -0.25) is 4.79 Å². The normalized spacial score (nSPS) is 22.2.